The van der Waals surface area contributed by atoms with Gasteiger partial charge >= 0.3 is 12.2 Å². The standard InChI is InChI=1S/C27H30F2N9O5/c1-3-12-42-26(40)43-18-34-16-31-35(17-34)14-27(41,21-9-8-20(28)13-22(21)29)19(2)36-10-11-37(25(36)39)23-6-4-5-7-24(23)38-15-30-32-33-38/h4-9,13,15-17,19,41H,3,10-12,14,18H2,1-2H3/q+1/t19-,27-/m1/s1. The molecular formula is C27H30F2N9O5+. The fourth-order valence-electron chi connectivity index (χ4n) is 4.95. The molecule has 0 radical (unpaired) electrons. The molecule has 16 heteroatoms. The molecule has 4 aromatic rings. The lowest BCUT2D eigenvalue weighted by atomic mass is 9.85. The van der Waals surface area contributed by atoms with E-state index in [0.29, 0.717) is 23.9 Å². The first-order chi connectivity index (χ1) is 20.7. The Morgan fingerprint density at radius 3 is 2.67 bits per heavy atom. The van der Waals surface area contributed by atoms with Gasteiger partial charge in [-0.1, -0.05) is 25.1 Å². The maximum atomic E-state index is 15.2. The molecule has 1 saturated heterocycles. The Labute approximate surface area is 244 Å². The highest BCUT2D eigenvalue weighted by Crippen LogP contribution is 2.36. The summed E-state index contributed by atoms with van der Waals surface area (Å²) in [6.45, 7) is 3.56. The molecule has 0 bridgehead atoms. The normalized spacial score (nSPS) is 15.4. The molecular weight excluding hydrogens is 568 g/mol. The highest BCUT2D eigenvalue weighted by molar-refractivity contribution is 5.96. The zero-order valence-corrected chi connectivity index (χ0v) is 23.5. The van der Waals surface area contributed by atoms with E-state index in [0.717, 1.165) is 12.1 Å². The number of aliphatic hydroxyl groups is 1. The molecule has 43 heavy (non-hydrogen) atoms. The second-order valence-corrected chi connectivity index (χ2v) is 9.93. The van der Waals surface area contributed by atoms with Gasteiger partial charge in [0.25, 0.3) is 6.33 Å². The zero-order valence-electron chi connectivity index (χ0n) is 23.5. The van der Waals surface area contributed by atoms with Crippen LogP contribution in [0.3, 0.4) is 0 Å². The second-order valence-electron chi connectivity index (χ2n) is 9.93. The monoisotopic (exact) mass is 598 g/mol. The molecule has 2 aromatic heterocycles. The van der Waals surface area contributed by atoms with Crippen molar-refractivity contribution in [3.8, 4) is 5.69 Å². The zero-order chi connectivity index (χ0) is 30.6. The van der Waals surface area contributed by atoms with Gasteiger partial charge in [-0.3, -0.25) is 4.90 Å². The molecule has 2 aromatic carbocycles. The summed E-state index contributed by atoms with van der Waals surface area (Å²) in [6, 6.07) is 8.47. The Morgan fingerprint density at radius 1 is 1.16 bits per heavy atom. The molecule has 5 rings (SSSR count). The van der Waals surface area contributed by atoms with Crippen molar-refractivity contribution in [1.82, 2.24) is 34.9 Å². The van der Waals surface area contributed by atoms with Crippen LogP contribution in [0.15, 0.2) is 61.4 Å². The average Bonchev–Trinajstić information content (AvgIpc) is 3.76. The molecule has 1 aliphatic heterocycles. The summed E-state index contributed by atoms with van der Waals surface area (Å²) in [5, 5.41) is 27.6. The van der Waals surface area contributed by atoms with Crippen molar-refractivity contribution < 1.29 is 37.5 Å². The van der Waals surface area contributed by atoms with Crippen LogP contribution in [0.1, 0.15) is 25.8 Å². The third-order valence-electron chi connectivity index (χ3n) is 7.15. The Bertz CT molecular complexity index is 1580. The van der Waals surface area contributed by atoms with Gasteiger partial charge in [0.2, 0.25) is 13.1 Å². The summed E-state index contributed by atoms with van der Waals surface area (Å²) in [7, 11) is 0. The van der Waals surface area contributed by atoms with Crippen molar-refractivity contribution >= 4 is 17.9 Å². The van der Waals surface area contributed by atoms with Crippen LogP contribution in [0, 0.1) is 11.6 Å². The van der Waals surface area contributed by atoms with Gasteiger partial charge in [-0.05, 0) is 42.0 Å². The molecule has 0 unspecified atom stereocenters. The number of rotatable bonds is 11. The van der Waals surface area contributed by atoms with Gasteiger partial charge in [0.05, 0.1) is 24.0 Å². The molecule has 1 N–H and O–H groups in total. The number of benzene rings is 2. The topological polar surface area (TPSA) is 145 Å². The van der Waals surface area contributed by atoms with E-state index in [4.69, 9.17) is 9.47 Å². The lowest BCUT2D eigenvalue weighted by molar-refractivity contribution is -0.728. The molecule has 0 aliphatic carbocycles. The first kappa shape index (κ1) is 29.5. The molecule has 1 fully saturated rings. The molecule has 226 valence electrons. The van der Waals surface area contributed by atoms with E-state index in [1.807, 2.05) is 6.92 Å². The number of carbonyl (C=O) groups excluding carboxylic acids is 2. The molecule has 3 heterocycles. The van der Waals surface area contributed by atoms with Gasteiger partial charge in [-0.25, -0.2) is 22.9 Å². The van der Waals surface area contributed by atoms with E-state index < -0.39 is 35.5 Å². The van der Waals surface area contributed by atoms with Crippen molar-refractivity contribution in [3.63, 3.8) is 0 Å². The van der Waals surface area contributed by atoms with Crippen LogP contribution in [0.5, 0.6) is 0 Å². The highest BCUT2D eigenvalue weighted by atomic mass is 19.1. The Kier molecular flexibility index (Phi) is 8.56. The van der Waals surface area contributed by atoms with Crippen LogP contribution < -0.4 is 9.47 Å². The number of carbonyl (C=O) groups is 2. The van der Waals surface area contributed by atoms with E-state index in [1.165, 1.54) is 42.7 Å². The summed E-state index contributed by atoms with van der Waals surface area (Å²) in [4.78, 5) is 28.4. The number of halogens is 2. The fourth-order valence-corrected chi connectivity index (χ4v) is 4.95. The van der Waals surface area contributed by atoms with Crippen LogP contribution in [0.2, 0.25) is 0 Å². The van der Waals surface area contributed by atoms with Gasteiger partial charge in [-0.15, -0.1) is 9.78 Å². The number of aromatic nitrogens is 7. The molecule has 1 aliphatic rings. The Balaban J connectivity index is 1.41. The highest BCUT2D eigenvalue weighted by Gasteiger charge is 2.48. The van der Waals surface area contributed by atoms with E-state index >= 15 is 4.39 Å². The van der Waals surface area contributed by atoms with Crippen LogP contribution in [0.25, 0.3) is 5.69 Å². The Hall–Kier alpha value is -4.99. The first-order valence-corrected chi connectivity index (χ1v) is 13.5. The van der Waals surface area contributed by atoms with E-state index in [1.54, 1.807) is 31.2 Å². The second kappa shape index (κ2) is 12.5. The lowest BCUT2D eigenvalue weighted by Crippen LogP contribution is -2.53. The van der Waals surface area contributed by atoms with Gasteiger partial charge < -0.3 is 19.5 Å². The maximum Gasteiger partial charge on any atom is 0.511 e. The fraction of sp³-hybridized carbons (Fsp3) is 0.370. The summed E-state index contributed by atoms with van der Waals surface area (Å²) >= 11 is 0. The SMILES string of the molecule is CCCOC(=O)OC[n+]1cnn(C[C@](O)(c2ccc(F)cc2F)[C@@H](C)N2CCN(c3ccccc3-n3cnnn3)C2=O)c1. The Morgan fingerprint density at radius 2 is 1.95 bits per heavy atom. The third kappa shape index (κ3) is 6.13. The predicted molar refractivity (Wildman–Crippen MR) is 143 cm³/mol. The van der Waals surface area contributed by atoms with E-state index in [-0.39, 0.29) is 38.5 Å². The number of tetrazole rings is 1. The van der Waals surface area contributed by atoms with Gasteiger partial charge in [-0.2, -0.15) is 4.68 Å². The van der Waals surface area contributed by atoms with Crippen molar-refractivity contribution in [2.45, 2.75) is 45.2 Å². The van der Waals surface area contributed by atoms with Crippen molar-refractivity contribution in [2.24, 2.45) is 0 Å². The predicted octanol–water partition coefficient (Wildman–Crippen LogP) is 2.16. The summed E-state index contributed by atoms with van der Waals surface area (Å²) in [6.07, 6.45) is 3.98. The van der Waals surface area contributed by atoms with Crippen LogP contribution in [0.4, 0.5) is 24.1 Å². The van der Waals surface area contributed by atoms with Gasteiger partial charge in [0.15, 0.2) is 0 Å². The van der Waals surface area contributed by atoms with Crippen LogP contribution in [-0.2, 0) is 28.4 Å². The minimum absolute atomic E-state index is 0.196. The lowest BCUT2D eigenvalue weighted by Gasteiger charge is -2.38. The molecule has 14 nitrogen and oxygen atoms in total. The van der Waals surface area contributed by atoms with Crippen molar-refractivity contribution in [2.75, 3.05) is 24.6 Å². The summed E-state index contributed by atoms with van der Waals surface area (Å²) in [5.41, 5.74) is -1.18. The molecule has 0 saturated carbocycles. The smallest absolute Gasteiger partial charge is 0.434 e. The number of hydrogen-bond donors (Lipinski definition) is 1. The number of para-hydroxylation sites is 2. The number of nitrogens with zero attached hydrogens (tertiary/aromatic N) is 9. The summed E-state index contributed by atoms with van der Waals surface area (Å²) in [5.74, 6) is -1.80. The van der Waals surface area contributed by atoms with Crippen molar-refractivity contribution in [1.29, 1.82) is 0 Å². The number of urea groups is 1. The summed E-state index contributed by atoms with van der Waals surface area (Å²) < 4.78 is 43.2. The third-order valence-corrected chi connectivity index (χ3v) is 7.15. The van der Waals surface area contributed by atoms with Crippen LogP contribution >= 0.6 is 0 Å². The number of ether oxygens (including phenoxy) is 2. The average molecular weight is 599 g/mol. The number of amides is 2. The van der Waals surface area contributed by atoms with Crippen molar-refractivity contribution in [3.05, 3.63) is 78.6 Å². The largest absolute Gasteiger partial charge is 0.511 e. The number of anilines is 1. The van der Waals surface area contributed by atoms with E-state index in [9.17, 15) is 19.1 Å². The first-order valence-electron chi connectivity index (χ1n) is 13.5. The number of hydrogen-bond acceptors (Lipinski definition) is 9. The minimum Gasteiger partial charge on any atom is -0.434 e. The molecule has 2 atom stereocenters. The quantitative estimate of drug-likeness (QED) is 0.203. The van der Waals surface area contributed by atoms with Gasteiger partial charge in [0, 0.05) is 29.8 Å². The van der Waals surface area contributed by atoms with Gasteiger partial charge in [0.1, 0.15) is 30.1 Å². The maximum absolute atomic E-state index is 15.2. The van der Waals surface area contributed by atoms with E-state index in [2.05, 4.69) is 20.6 Å². The molecule has 2 amide bonds. The van der Waals surface area contributed by atoms with Crippen LogP contribution in [-0.4, -0.2) is 77.9 Å². The molecule has 0 spiro atoms. The minimum atomic E-state index is -2.07.